The number of aromatic nitrogens is 3. The molecular formula is C14H13N3OS. The normalized spacial score (nSPS) is 10.8. The van der Waals surface area contributed by atoms with Crippen molar-refractivity contribution < 1.29 is 4.74 Å². The molecule has 3 aromatic rings. The highest BCUT2D eigenvalue weighted by molar-refractivity contribution is 7.98. The van der Waals surface area contributed by atoms with Gasteiger partial charge in [-0.25, -0.2) is 9.50 Å². The van der Waals surface area contributed by atoms with Gasteiger partial charge in [-0.05, 0) is 29.8 Å². The molecule has 19 heavy (non-hydrogen) atoms. The van der Waals surface area contributed by atoms with Crippen LogP contribution in [-0.2, 0) is 5.75 Å². The Morgan fingerprint density at radius 1 is 1.21 bits per heavy atom. The minimum absolute atomic E-state index is 0.875. The summed E-state index contributed by atoms with van der Waals surface area (Å²) < 4.78 is 7.00. The van der Waals surface area contributed by atoms with Crippen molar-refractivity contribution in [3.8, 4) is 5.75 Å². The Labute approximate surface area is 115 Å². The van der Waals surface area contributed by atoms with Gasteiger partial charge in [0.05, 0.1) is 13.3 Å². The van der Waals surface area contributed by atoms with E-state index >= 15 is 0 Å². The van der Waals surface area contributed by atoms with Gasteiger partial charge in [0, 0.05) is 11.9 Å². The van der Waals surface area contributed by atoms with Crippen LogP contribution < -0.4 is 4.74 Å². The maximum atomic E-state index is 5.15. The standard InChI is InChI=1S/C14H13N3OS/c1-18-12-6-4-11(5-7-12)10-19-14-9-15-13-3-2-8-16-17(13)14/h2-9H,10H2,1H3. The average molecular weight is 271 g/mol. The molecule has 0 saturated carbocycles. The zero-order valence-corrected chi connectivity index (χ0v) is 11.3. The summed E-state index contributed by atoms with van der Waals surface area (Å²) in [5.41, 5.74) is 2.12. The molecule has 0 N–H and O–H groups in total. The minimum Gasteiger partial charge on any atom is -0.497 e. The predicted molar refractivity (Wildman–Crippen MR) is 75.5 cm³/mol. The lowest BCUT2D eigenvalue weighted by Crippen LogP contribution is -1.91. The fourth-order valence-electron chi connectivity index (χ4n) is 1.79. The van der Waals surface area contributed by atoms with E-state index in [1.807, 2.05) is 35.0 Å². The van der Waals surface area contributed by atoms with Crippen LogP contribution in [0.4, 0.5) is 0 Å². The Bertz CT molecular complexity index is 678. The van der Waals surface area contributed by atoms with E-state index in [1.165, 1.54) is 5.56 Å². The van der Waals surface area contributed by atoms with Crippen molar-refractivity contribution >= 4 is 17.4 Å². The highest BCUT2D eigenvalue weighted by atomic mass is 32.2. The van der Waals surface area contributed by atoms with Crippen LogP contribution in [0, 0.1) is 0 Å². The molecule has 0 bridgehead atoms. The Morgan fingerprint density at radius 2 is 2.05 bits per heavy atom. The molecule has 1 aromatic carbocycles. The first-order valence-electron chi connectivity index (χ1n) is 5.91. The van der Waals surface area contributed by atoms with E-state index in [9.17, 15) is 0 Å². The van der Waals surface area contributed by atoms with Crippen molar-refractivity contribution in [2.24, 2.45) is 0 Å². The molecule has 3 rings (SSSR count). The zero-order valence-electron chi connectivity index (χ0n) is 10.5. The molecule has 0 aliphatic carbocycles. The highest BCUT2D eigenvalue weighted by Crippen LogP contribution is 2.23. The van der Waals surface area contributed by atoms with Crippen LogP contribution in [0.3, 0.4) is 0 Å². The number of thioether (sulfide) groups is 1. The first-order valence-corrected chi connectivity index (χ1v) is 6.90. The summed E-state index contributed by atoms with van der Waals surface area (Å²) in [5, 5.41) is 5.34. The van der Waals surface area contributed by atoms with E-state index in [2.05, 4.69) is 22.2 Å². The first-order chi connectivity index (χ1) is 9.36. The van der Waals surface area contributed by atoms with Gasteiger partial charge < -0.3 is 4.74 Å². The molecule has 5 heteroatoms. The van der Waals surface area contributed by atoms with Gasteiger partial charge in [0.15, 0.2) is 5.65 Å². The topological polar surface area (TPSA) is 39.4 Å². The van der Waals surface area contributed by atoms with E-state index < -0.39 is 0 Å². The summed E-state index contributed by atoms with van der Waals surface area (Å²) in [6.07, 6.45) is 3.63. The molecular weight excluding hydrogens is 258 g/mol. The van der Waals surface area contributed by atoms with E-state index in [0.717, 1.165) is 22.2 Å². The highest BCUT2D eigenvalue weighted by Gasteiger charge is 2.04. The van der Waals surface area contributed by atoms with Crippen LogP contribution in [0.5, 0.6) is 5.75 Å². The lowest BCUT2D eigenvalue weighted by Gasteiger charge is -2.03. The van der Waals surface area contributed by atoms with Gasteiger partial charge in [-0.3, -0.25) is 0 Å². The SMILES string of the molecule is COc1ccc(CSc2cnc3cccnn23)cc1. The van der Waals surface area contributed by atoms with Gasteiger partial charge in [-0.2, -0.15) is 5.10 Å². The minimum atomic E-state index is 0.875. The van der Waals surface area contributed by atoms with Crippen LogP contribution in [0.2, 0.25) is 0 Å². The van der Waals surface area contributed by atoms with Gasteiger partial charge in [0.2, 0.25) is 0 Å². The van der Waals surface area contributed by atoms with Gasteiger partial charge in [0.1, 0.15) is 10.8 Å². The summed E-state index contributed by atoms with van der Waals surface area (Å²) in [6, 6.07) is 11.9. The summed E-state index contributed by atoms with van der Waals surface area (Å²) in [5.74, 6) is 1.76. The number of nitrogens with zero attached hydrogens (tertiary/aromatic N) is 3. The van der Waals surface area contributed by atoms with Crippen LogP contribution in [0.15, 0.2) is 53.8 Å². The summed E-state index contributed by atoms with van der Waals surface area (Å²) in [7, 11) is 1.67. The molecule has 96 valence electrons. The molecule has 0 saturated heterocycles. The average Bonchev–Trinajstić information content (AvgIpc) is 2.89. The second-order valence-electron chi connectivity index (χ2n) is 4.03. The summed E-state index contributed by atoms with van der Waals surface area (Å²) >= 11 is 1.72. The number of fused-ring (bicyclic) bond motifs is 1. The smallest absolute Gasteiger partial charge is 0.154 e. The van der Waals surface area contributed by atoms with Crippen molar-refractivity contribution in [1.29, 1.82) is 0 Å². The van der Waals surface area contributed by atoms with Crippen LogP contribution in [0.1, 0.15) is 5.56 Å². The molecule has 0 aliphatic heterocycles. The van der Waals surface area contributed by atoms with Crippen LogP contribution in [-0.4, -0.2) is 21.7 Å². The molecule has 0 radical (unpaired) electrons. The van der Waals surface area contributed by atoms with Gasteiger partial charge >= 0.3 is 0 Å². The second-order valence-corrected chi connectivity index (χ2v) is 5.02. The number of imidazole rings is 1. The quantitative estimate of drug-likeness (QED) is 0.684. The Kier molecular flexibility index (Phi) is 3.37. The van der Waals surface area contributed by atoms with Crippen LogP contribution >= 0.6 is 11.8 Å². The monoisotopic (exact) mass is 271 g/mol. The van der Waals surface area contributed by atoms with Crippen molar-refractivity contribution in [2.45, 2.75) is 10.8 Å². The molecule has 2 heterocycles. The molecule has 2 aromatic heterocycles. The molecule has 0 fully saturated rings. The van der Waals surface area contributed by atoms with Gasteiger partial charge in [-0.15, -0.1) is 0 Å². The molecule has 0 spiro atoms. The maximum Gasteiger partial charge on any atom is 0.154 e. The van der Waals surface area contributed by atoms with Crippen molar-refractivity contribution in [2.75, 3.05) is 7.11 Å². The fraction of sp³-hybridized carbons (Fsp3) is 0.143. The van der Waals surface area contributed by atoms with Crippen molar-refractivity contribution in [1.82, 2.24) is 14.6 Å². The number of benzene rings is 1. The lowest BCUT2D eigenvalue weighted by molar-refractivity contribution is 0.414. The maximum absolute atomic E-state index is 5.15. The summed E-state index contributed by atoms with van der Waals surface area (Å²) in [4.78, 5) is 4.32. The van der Waals surface area contributed by atoms with Crippen LogP contribution in [0.25, 0.3) is 5.65 Å². The zero-order chi connectivity index (χ0) is 13.1. The van der Waals surface area contributed by atoms with E-state index in [1.54, 1.807) is 25.1 Å². The largest absolute Gasteiger partial charge is 0.497 e. The number of hydrogen-bond acceptors (Lipinski definition) is 4. The van der Waals surface area contributed by atoms with Crippen molar-refractivity contribution in [3.05, 3.63) is 54.4 Å². The molecule has 0 aliphatic rings. The predicted octanol–water partition coefficient (Wildman–Crippen LogP) is 3.03. The van der Waals surface area contributed by atoms with Gasteiger partial charge in [-0.1, -0.05) is 23.9 Å². The number of ether oxygens (including phenoxy) is 1. The molecule has 0 atom stereocenters. The van der Waals surface area contributed by atoms with E-state index in [0.29, 0.717) is 0 Å². The number of hydrogen-bond donors (Lipinski definition) is 0. The Morgan fingerprint density at radius 3 is 2.84 bits per heavy atom. The van der Waals surface area contributed by atoms with E-state index in [4.69, 9.17) is 4.74 Å². The van der Waals surface area contributed by atoms with Gasteiger partial charge in [0.25, 0.3) is 0 Å². The number of rotatable bonds is 4. The third-order valence-electron chi connectivity index (χ3n) is 2.79. The number of methoxy groups -OCH3 is 1. The fourth-order valence-corrected chi connectivity index (χ4v) is 2.68. The van der Waals surface area contributed by atoms with Crippen molar-refractivity contribution in [3.63, 3.8) is 0 Å². The van der Waals surface area contributed by atoms with E-state index in [-0.39, 0.29) is 0 Å². The second kappa shape index (κ2) is 5.32. The molecule has 0 unspecified atom stereocenters. The Balaban J connectivity index is 1.74. The lowest BCUT2D eigenvalue weighted by atomic mass is 10.2. The Hall–Kier alpha value is -2.01. The summed E-state index contributed by atoms with van der Waals surface area (Å²) in [6.45, 7) is 0. The third-order valence-corrected chi connectivity index (χ3v) is 3.84. The molecule has 0 amide bonds. The third kappa shape index (κ3) is 2.56. The molecule has 4 nitrogen and oxygen atoms in total. The first kappa shape index (κ1) is 12.0.